The van der Waals surface area contributed by atoms with E-state index in [9.17, 15) is 13.2 Å². The molecule has 0 aromatic heterocycles. The fourth-order valence-electron chi connectivity index (χ4n) is 5.47. The second-order valence-electron chi connectivity index (χ2n) is 9.91. The Morgan fingerprint density at radius 3 is 2.30 bits per heavy atom. The summed E-state index contributed by atoms with van der Waals surface area (Å²) in [5.74, 6) is 2.20. The second kappa shape index (κ2) is 10.3. The minimum atomic E-state index is -3.59. The number of hydrogen-bond donors (Lipinski definition) is 0. The first kappa shape index (κ1) is 25.0. The van der Waals surface area contributed by atoms with Crippen molar-refractivity contribution in [1.82, 2.24) is 9.21 Å². The van der Waals surface area contributed by atoms with Crippen LogP contribution in [0.15, 0.2) is 11.0 Å². The molecular weight excluding hydrogens is 456 g/mol. The number of hydrogen-bond acceptors (Lipinski definition) is 5. The van der Waals surface area contributed by atoms with Gasteiger partial charge in [-0.25, -0.2) is 8.42 Å². The zero-order valence-corrected chi connectivity index (χ0v) is 22.1. The van der Waals surface area contributed by atoms with E-state index < -0.39 is 10.0 Å². The number of rotatable bonds is 6. The monoisotopic (exact) mass is 494 g/mol. The summed E-state index contributed by atoms with van der Waals surface area (Å²) in [6.07, 6.45) is 4.46. The summed E-state index contributed by atoms with van der Waals surface area (Å²) >= 11 is 1.92. The van der Waals surface area contributed by atoms with Crippen molar-refractivity contribution in [2.75, 3.05) is 37.7 Å². The minimum absolute atomic E-state index is 0.107. The third-order valence-corrected chi connectivity index (χ3v) is 11.1. The van der Waals surface area contributed by atoms with Gasteiger partial charge < -0.3 is 9.64 Å². The molecule has 0 N–H and O–H groups in total. The Kier molecular flexibility index (Phi) is 7.78. The number of thioether (sulfide) groups is 1. The van der Waals surface area contributed by atoms with Gasteiger partial charge in [-0.15, -0.1) is 0 Å². The average Bonchev–Trinajstić information content (AvgIpc) is 3.50. The minimum Gasteiger partial charge on any atom is -0.376 e. The summed E-state index contributed by atoms with van der Waals surface area (Å²) in [4.78, 5) is 16.1. The molecule has 3 aliphatic heterocycles. The van der Waals surface area contributed by atoms with Crippen molar-refractivity contribution in [3.05, 3.63) is 28.3 Å². The van der Waals surface area contributed by atoms with Crippen LogP contribution in [0.1, 0.15) is 54.4 Å². The summed E-state index contributed by atoms with van der Waals surface area (Å²) in [5, 5.41) is 0. The zero-order valence-electron chi connectivity index (χ0n) is 20.4. The topological polar surface area (TPSA) is 66.9 Å². The molecule has 1 amide bonds. The number of sulfonamides is 1. The highest BCUT2D eigenvalue weighted by Crippen LogP contribution is 2.33. The molecule has 4 rings (SSSR count). The Balaban J connectivity index is 1.47. The van der Waals surface area contributed by atoms with E-state index in [0.29, 0.717) is 37.4 Å². The molecular formula is C25H38N2O4S2. The van der Waals surface area contributed by atoms with E-state index in [0.717, 1.165) is 59.6 Å². The SMILES string of the molecule is Cc1cc(C)c(C)c(S(=O)(=O)N2CCC(C(=O)N(CC3CCCO3)C3CCSC3)CC2)c1C. The molecule has 3 saturated heterocycles. The lowest BCUT2D eigenvalue weighted by Crippen LogP contribution is -2.50. The number of carbonyl (C=O) groups is 1. The molecule has 2 unspecified atom stereocenters. The third-order valence-electron chi connectivity index (χ3n) is 7.75. The van der Waals surface area contributed by atoms with Gasteiger partial charge >= 0.3 is 0 Å². The molecule has 1 aromatic rings. The van der Waals surface area contributed by atoms with Gasteiger partial charge in [-0.3, -0.25) is 4.79 Å². The van der Waals surface area contributed by atoms with Crippen LogP contribution in [0.3, 0.4) is 0 Å². The summed E-state index contributed by atoms with van der Waals surface area (Å²) in [5.41, 5.74) is 3.66. The van der Waals surface area contributed by atoms with Crippen molar-refractivity contribution in [1.29, 1.82) is 0 Å². The molecule has 0 saturated carbocycles. The van der Waals surface area contributed by atoms with Gasteiger partial charge in [0, 0.05) is 44.0 Å². The lowest BCUT2D eigenvalue weighted by Gasteiger charge is -2.37. The maximum atomic E-state index is 13.6. The van der Waals surface area contributed by atoms with Gasteiger partial charge in [0.2, 0.25) is 15.9 Å². The van der Waals surface area contributed by atoms with Crippen LogP contribution in [-0.4, -0.2) is 73.4 Å². The molecule has 6 nitrogen and oxygen atoms in total. The van der Waals surface area contributed by atoms with E-state index in [-0.39, 0.29) is 24.0 Å². The Hall–Kier alpha value is -1.09. The number of aryl methyl sites for hydroxylation is 2. The molecule has 3 heterocycles. The molecule has 0 spiro atoms. The lowest BCUT2D eigenvalue weighted by atomic mass is 9.95. The summed E-state index contributed by atoms with van der Waals surface area (Å²) in [6, 6.07) is 2.34. The predicted octanol–water partition coefficient (Wildman–Crippen LogP) is 3.83. The molecule has 1 aromatic carbocycles. The standard InChI is InChI=1S/C25H38N2O4S2/c1-17-14-18(2)20(4)24(19(17)3)33(29,30)26-10-7-21(8-11-26)25(28)27(22-9-13-32-16-22)15-23-6-5-12-31-23/h14,21-23H,5-13,15-16H2,1-4H3. The first-order valence-electron chi connectivity index (χ1n) is 12.3. The molecule has 0 aliphatic carbocycles. The van der Waals surface area contributed by atoms with Gasteiger partial charge in [-0.2, -0.15) is 16.1 Å². The van der Waals surface area contributed by atoms with Crippen LogP contribution in [-0.2, 0) is 19.6 Å². The van der Waals surface area contributed by atoms with Crippen LogP contribution < -0.4 is 0 Å². The highest BCUT2D eigenvalue weighted by molar-refractivity contribution is 7.99. The normalized spacial score (nSPS) is 25.0. The lowest BCUT2D eigenvalue weighted by molar-refractivity contribution is -0.140. The second-order valence-corrected chi connectivity index (χ2v) is 12.9. The van der Waals surface area contributed by atoms with Crippen molar-refractivity contribution < 1.29 is 17.9 Å². The van der Waals surface area contributed by atoms with Crippen LogP contribution in [0.4, 0.5) is 0 Å². The Bertz CT molecular complexity index is 948. The number of benzene rings is 1. The fraction of sp³-hybridized carbons (Fsp3) is 0.720. The molecule has 0 radical (unpaired) electrons. The Morgan fingerprint density at radius 1 is 1.09 bits per heavy atom. The largest absolute Gasteiger partial charge is 0.376 e. The van der Waals surface area contributed by atoms with Crippen LogP contribution in [0.5, 0.6) is 0 Å². The van der Waals surface area contributed by atoms with Gasteiger partial charge in [0.05, 0.1) is 11.0 Å². The van der Waals surface area contributed by atoms with Crippen LogP contribution >= 0.6 is 11.8 Å². The third kappa shape index (κ3) is 5.14. The maximum absolute atomic E-state index is 13.6. The zero-order chi connectivity index (χ0) is 23.8. The molecule has 8 heteroatoms. The maximum Gasteiger partial charge on any atom is 0.243 e. The number of piperidine rings is 1. The smallest absolute Gasteiger partial charge is 0.243 e. The number of amides is 1. The molecule has 3 fully saturated rings. The first-order chi connectivity index (χ1) is 15.7. The van der Waals surface area contributed by atoms with Crippen molar-refractivity contribution in [2.24, 2.45) is 5.92 Å². The van der Waals surface area contributed by atoms with Gasteiger partial charge in [0.15, 0.2) is 0 Å². The molecule has 3 aliphatic rings. The highest BCUT2D eigenvalue weighted by atomic mass is 32.2. The van der Waals surface area contributed by atoms with Crippen LogP contribution in [0, 0.1) is 33.6 Å². The molecule has 184 valence electrons. The fourth-order valence-corrected chi connectivity index (χ4v) is 8.74. The number of ether oxygens (including phenoxy) is 1. The van der Waals surface area contributed by atoms with Gasteiger partial charge in [0.25, 0.3) is 0 Å². The van der Waals surface area contributed by atoms with E-state index in [1.165, 1.54) is 0 Å². The van der Waals surface area contributed by atoms with Crippen molar-refractivity contribution in [3.63, 3.8) is 0 Å². The van der Waals surface area contributed by atoms with Gasteiger partial charge in [0.1, 0.15) is 0 Å². The number of nitrogens with zero attached hydrogens (tertiary/aromatic N) is 2. The highest BCUT2D eigenvalue weighted by Gasteiger charge is 2.38. The van der Waals surface area contributed by atoms with Crippen molar-refractivity contribution in [3.8, 4) is 0 Å². The van der Waals surface area contributed by atoms with Crippen LogP contribution in [0.25, 0.3) is 0 Å². The van der Waals surface area contributed by atoms with Crippen molar-refractivity contribution >= 4 is 27.7 Å². The predicted molar refractivity (Wildman–Crippen MR) is 133 cm³/mol. The number of carbonyl (C=O) groups excluding carboxylic acids is 1. The van der Waals surface area contributed by atoms with Crippen molar-refractivity contribution in [2.45, 2.75) is 76.8 Å². The molecule has 33 heavy (non-hydrogen) atoms. The van der Waals surface area contributed by atoms with Crippen LogP contribution in [0.2, 0.25) is 0 Å². The molecule has 0 bridgehead atoms. The summed E-state index contributed by atoms with van der Waals surface area (Å²) in [7, 11) is -3.59. The van der Waals surface area contributed by atoms with E-state index in [4.69, 9.17) is 4.74 Å². The Labute approximate surface area is 203 Å². The van der Waals surface area contributed by atoms with E-state index in [2.05, 4.69) is 11.0 Å². The van der Waals surface area contributed by atoms with E-state index >= 15 is 0 Å². The quantitative estimate of drug-likeness (QED) is 0.601. The van der Waals surface area contributed by atoms with Gasteiger partial charge in [-0.05, 0) is 87.8 Å². The van der Waals surface area contributed by atoms with Gasteiger partial charge in [-0.1, -0.05) is 6.07 Å². The molecule has 2 atom stereocenters. The first-order valence-corrected chi connectivity index (χ1v) is 14.9. The van der Waals surface area contributed by atoms with E-state index in [1.54, 1.807) is 4.31 Å². The van der Waals surface area contributed by atoms with E-state index in [1.807, 2.05) is 39.5 Å². The summed E-state index contributed by atoms with van der Waals surface area (Å²) < 4.78 is 34.6. The average molecular weight is 495 g/mol. The Morgan fingerprint density at radius 2 is 1.76 bits per heavy atom. The summed E-state index contributed by atoms with van der Waals surface area (Å²) in [6.45, 7) is 10.0.